The maximum Gasteiger partial charge on any atom is 0.242 e. The maximum absolute atomic E-state index is 13.4. The van der Waals surface area contributed by atoms with Crippen molar-refractivity contribution in [2.24, 2.45) is 0 Å². The van der Waals surface area contributed by atoms with Crippen LogP contribution in [0.4, 0.5) is 0 Å². The van der Waals surface area contributed by atoms with Gasteiger partial charge in [-0.1, -0.05) is 49.1 Å². The third kappa shape index (κ3) is 7.13. The normalized spacial score (nSPS) is 14.8. The van der Waals surface area contributed by atoms with E-state index in [-0.39, 0.29) is 24.3 Å². The van der Waals surface area contributed by atoms with Gasteiger partial charge in [0.1, 0.15) is 6.04 Å². The number of carbonyl (C=O) groups is 2. The number of hydrogen-bond acceptors (Lipinski definition) is 4. The minimum Gasteiger partial charge on any atom is -0.493 e. The minimum atomic E-state index is -0.574. The summed E-state index contributed by atoms with van der Waals surface area (Å²) < 4.78 is 10.7. The van der Waals surface area contributed by atoms with Gasteiger partial charge in [-0.3, -0.25) is 9.59 Å². The summed E-state index contributed by atoms with van der Waals surface area (Å²) in [5.41, 5.74) is 1.90. The van der Waals surface area contributed by atoms with Crippen LogP contribution in [0.1, 0.15) is 56.6 Å². The van der Waals surface area contributed by atoms with E-state index in [0.717, 1.165) is 36.8 Å². The van der Waals surface area contributed by atoms with Gasteiger partial charge in [-0.2, -0.15) is 0 Å². The summed E-state index contributed by atoms with van der Waals surface area (Å²) in [6, 6.07) is 12.7. The lowest BCUT2D eigenvalue weighted by Gasteiger charge is -2.31. The second-order valence-electron chi connectivity index (χ2n) is 8.86. The largest absolute Gasteiger partial charge is 0.493 e. The number of ether oxygens (including phenoxy) is 2. The van der Waals surface area contributed by atoms with Crippen molar-refractivity contribution in [3.05, 3.63) is 58.6 Å². The highest BCUT2D eigenvalue weighted by molar-refractivity contribution is 6.30. The molecule has 2 amide bonds. The van der Waals surface area contributed by atoms with E-state index in [0.29, 0.717) is 29.5 Å². The Labute approximate surface area is 207 Å². The molecule has 0 spiro atoms. The van der Waals surface area contributed by atoms with Crippen LogP contribution in [0.25, 0.3) is 0 Å². The number of halogens is 1. The van der Waals surface area contributed by atoms with E-state index in [9.17, 15) is 9.59 Å². The third-order valence-electron chi connectivity index (χ3n) is 6.46. The standard InChI is InChI=1S/C27H35ClN2O4/c1-19(27(32)29-23-7-5-4-6-8-23)30(18-21-9-13-22(28)14-10-21)26(31)16-12-20-11-15-24(33-2)25(17-20)34-3/h9-11,13-15,17,19,23H,4-8,12,16,18H2,1-3H3,(H,29,32). The van der Waals surface area contributed by atoms with Crippen LogP contribution in [0.2, 0.25) is 5.02 Å². The number of aryl methyl sites for hydroxylation is 1. The van der Waals surface area contributed by atoms with Crippen molar-refractivity contribution < 1.29 is 19.1 Å². The van der Waals surface area contributed by atoms with Crippen LogP contribution in [0.5, 0.6) is 11.5 Å². The molecule has 1 fully saturated rings. The first-order chi connectivity index (χ1) is 16.4. The molecule has 1 atom stereocenters. The smallest absolute Gasteiger partial charge is 0.242 e. The van der Waals surface area contributed by atoms with Crippen molar-refractivity contribution in [1.82, 2.24) is 10.2 Å². The highest BCUT2D eigenvalue weighted by Crippen LogP contribution is 2.28. The Kier molecular flexibility index (Phi) is 9.63. The number of rotatable bonds is 10. The van der Waals surface area contributed by atoms with Crippen molar-refractivity contribution in [3.8, 4) is 11.5 Å². The Hall–Kier alpha value is -2.73. The summed E-state index contributed by atoms with van der Waals surface area (Å²) in [6.07, 6.45) is 6.32. The summed E-state index contributed by atoms with van der Waals surface area (Å²) in [7, 11) is 3.18. The molecular formula is C27H35ClN2O4. The highest BCUT2D eigenvalue weighted by Gasteiger charge is 2.28. The van der Waals surface area contributed by atoms with Crippen LogP contribution < -0.4 is 14.8 Å². The van der Waals surface area contributed by atoms with E-state index in [1.54, 1.807) is 31.3 Å². The van der Waals surface area contributed by atoms with Crippen molar-refractivity contribution in [1.29, 1.82) is 0 Å². The Morgan fingerprint density at radius 3 is 2.29 bits per heavy atom. The summed E-state index contributed by atoms with van der Waals surface area (Å²) in [5.74, 6) is 1.11. The van der Waals surface area contributed by atoms with E-state index in [1.807, 2.05) is 37.3 Å². The fourth-order valence-corrected chi connectivity index (χ4v) is 4.49. The van der Waals surface area contributed by atoms with E-state index < -0.39 is 6.04 Å². The van der Waals surface area contributed by atoms with Crippen molar-refractivity contribution in [2.45, 2.75) is 70.5 Å². The van der Waals surface area contributed by atoms with Crippen LogP contribution in [0.3, 0.4) is 0 Å². The molecule has 0 aromatic heterocycles. The molecule has 1 aliphatic rings. The molecule has 2 aromatic rings. The molecule has 0 saturated heterocycles. The molecule has 0 heterocycles. The lowest BCUT2D eigenvalue weighted by molar-refractivity contribution is -0.141. The molecule has 0 aliphatic heterocycles. The van der Waals surface area contributed by atoms with Gasteiger partial charge in [0, 0.05) is 24.0 Å². The Morgan fingerprint density at radius 2 is 1.65 bits per heavy atom. The average Bonchev–Trinajstić information content (AvgIpc) is 2.86. The fourth-order valence-electron chi connectivity index (χ4n) is 4.37. The zero-order chi connectivity index (χ0) is 24.5. The van der Waals surface area contributed by atoms with Gasteiger partial charge in [-0.15, -0.1) is 0 Å². The predicted octanol–water partition coefficient (Wildman–Crippen LogP) is 5.16. The van der Waals surface area contributed by atoms with Crippen molar-refractivity contribution >= 4 is 23.4 Å². The molecule has 34 heavy (non-hydrogen) atoms. The molecule has 1 saturated carbocycles. The van der Waals surface area contributed by atoms with E-state index in [4.69, 9.17) is 21.1 Å². The summed E-state index contributed by atoms with van der Waals surface area (Å²) in [4.78, 5) is 28.1. The number of nitrogens with zero attached hydrogens (tertiary/aromatic N) is 1. The van der Waals surface area contributed by atoms with Crippen LogP contribution in [0, 0.1) is 0 Å². The van der Waals surface area contributed by atoms with Gasteiger partial charge >= 0.3 is 0 Å². The van der Waals surface area contributed by atoms with Crippen molar-refractivity contribution in [2.75, 3.05) is 14.2 Å². The second-order valence-corrected chi connectivity index (χ2v) is 9.29. The number of hydrogen-bond donors (Lipinski definition) is 1. The fraction of sp³-hybridized carbons (Fsp3) is 0.481. The van der Waals surface area contributed by atoms with E-state index in [1.165, 1.54) is 6.42 Å². The number of carbonyl (C=O) groups excluding carboxylic acids is 2. The first kappa shape index (κ1) is 25.9. The Bertz CT molecular complexity index is 958. The minimum absolute atomic E-state index is 0.0731. The van der Waals surface area contributed by atoms with Crippen LogP contribution >= 0.6 is 11.6 Å². The van der Waals surface area contributed by atoms with Gasteiger partial charge in [0.05, 0.1) is 14.2 Å². The van der Waals surface area contributed by atoms with Gasteiger partial charge in [-0.25, -0.2) is 0 Å². The summed E-state index contributed by atoms with van der Waals surface area (Å²) in [5, 5.41) is 3.80. The Morgan fingerprint density at radius 1 is 1.00 bits per heavy atom. The molecule has 1 aliphatic carbocycles. The highest BCUT2D eigenvalue weighted by atomic mass is 35.5. The molecule has 6 nitrogen and oxygen atoms in total. The molecule has 1 N–H and O–H groups in total. The zero-order valence-electron chi connectivity index (χ0n) is 20.3. The third-order valence-corrected chi connectivity index (χ3v) is 6.71. The first-order valence-corrected chi connectivity index (χ1v) is 12.3. The first-order valence-electron chi connectivity index (χ1n) is 12.0. The average molecular weight is 487 g/mol. The number of nitrogens with one attached hydrogen (secondary N) is 1. The molecule has 1 unspecified atom stereocenters. The van der Waals surface area contributed by atoms with Crippen LogP contribution in [-0.2, 0) is 22.6 Å². The molecule has 2 aromatic carbocycles. The number of benzene rings is 2. The maximum atomic E-state index is 13.4. The second kappa shape index (κ2) is 12.7. The predicted molar refractivity (Wildman–Crippen MR) is 134 cm³/mol. The summed E-state index contributed by atoms with van der Waals surface area (Å²) in [6.45, 7) is 2.16. The van der Waals surface area contributed by atoms with Crippen LogP contribution in [-0.4, -0.2) is 43.0 Å². The lowest BCUT2D eigenvalue weighted by atomic mass is 9.95. The number of methoxy groups -OCH3 is 2. The molecule has 3 rings (SSSR count). The topological polar surface area (TPSA) is 67.9 Å². The summed E-state index contributed by atoms with van der Waals surface area (Å²) >= 11 is 6.03. The molecule has 184 valence electrons. The molecule has 0 radical (unpaired) electrons. The van der Waals surface area contributed by atoms with Gasteiger partial charge in [0.25, 0.3) is 0 Å². The molecule has 7 heteroatoms. The zero-order valence-corrected chi connectivity index (χ0v) is 21.1. The lowest BCUT2D eigenvalue weighted by Crippen LogP contribution is -2.50. The molecular weight excluding hydrogens is 452 g/mol. The quantitative estimate of drug-likeness (QED) is 0.504. The number of amides is 2. The Balaban J connectivity index is 1.71. The van der Waals surface area contributed by atoms with Gasteiger partial charge < -0.3 is 19.7 Å². The SMILES string of the molecule is COc1ccc(CCC(=O)N(Cc2ccc(Cl)cc2)C(C)C(=O)NC2CCCCC2)cc1OC. The van der Waals surface area contributed by atoms with Gasteiger partial charge in [0.15, 0.2) is 11.5 Å². The van der Waals surface area contributed by atoms with Gasteiger partial charge in [0.2, 0.25) is 11.8 Å². The van der Waals surface area contributed by atoms with E-state index >= 15 is 0 Å². The molecule has 0 bridgehead atoms. The van der Waals surface area contributed by atoms with Crippen molar-refractivity contribution in [3.63, 3.8) is 0 Å². The van der Waals surface area contributed by atoms with Crippen LogP contribution in [0.15, 0.2) is 42.5 Å². The van der Waals surface area contributed by atoms with E-state index in [2.05, 4.69) is 5.32 Å². The van der Waals surface area contributed by atoms with Gasteiger partial charge in [-0.05, 0) is 61.6 Å². The monoisotopic (exact) mass is 486 g/mol.